The quantitative estimate of drug-likeness (QED) is 0.473. The van der Waals surface area contributed by atoms with Crippen LogP contribution in [0.25, 0.3) is 0 Å². The molecule has 0 radical (unpaired) electrons. The molecule has 0 aliphatic carbocycles. The molecule has 2 amide bonds. The van der Waals surface area contributed by atoms with E-state index in [0.29, 0.717) is 29.5 Å². The molecule has 0 heterocycles. The Kier molecular flexibility index (Phi) is 8.50. The maximum atomic E-state index is 11.9. The smallest absolute Gasteiger partial charge is 0.240 e. The number of hydrogen-bond acceptors (Lipinski definition) is 6. The monoisotopic (exact) mass is 399 g/mol. The number of hydrazone groups is 1. The van der Waals surface area contributed by atoms with E-state index in [0.717, 1.165) is 5.56 Å². The number of hydrogen-bond donors (Lipinski definition) is 2. The number of nitrogens with zero attached hydrogens (tertiary/aromatic N) is 1. The summed E-state index contributed by atoms with van der Waals surface area (Å²) in [6, 6.07) is 12.3. The zero-order valence-corrected chi connectivity index (χ0v) is 16.7. The number of carbonyl (C=O) groups is 2. The summed E-state index contributed by atoms with van der Waals surface area (Å²) >= 11 is 0. The number of nitrogens with one attached hydrogen (secondary N) is 2. The van der Waals surface area contributed by atoms with Gasteiger partial charge >= 0.3 is 0 Å². The van der Waals surface area contributed by atoms with Crippen molar-refractivity contribution >= 4 is 23.7 Å². The van der Waals surface area contributed by atoms with Gasteiger partial charge in [-0.05, 0) is 55.0 Å². The fourth-order valence-electron chi connectivity index (χ4n) is 2.40. The minimum Gasteiger partial charge on any atom is -0.497 e. The van der Waals surface area contributed by atoms with Gasteiger partial charge in [0.25, 0.3) is 0 Å². The number of carbonyl (C=O) groups excluding carboxylic acids is 2. The maximum Gasteiger partial charge on any atom is 0.240 e. The molecule has 0 fully saturated rings. The van der Waals surface area contributed by atoms with Gasteiger partial charge in [-0.1, -0.05) is 0 Å². The number of anilines is 1. The highest BCUT2D eigenvalue weighted by molar-refractivity contribution is 5.93. The Morgan fingerprint density at radius 3 is 2.34 bits per heavy atom. The Hall–Kier alpha value is -3.55. The number of ether oxygens (including phenoxy) is 3. The largest absolute Gasteiger partial charge is 0.497 e. The van der Waals surface area contributed by atoms with Crippen LogP contribution in [0.15, 0.2) is 47.6 Å². The summed E-state index contributed by atoms with van der Waals surface area (Å²) in [5.41, 5.74) is 3.79. The Morgan fingerprint density at radius 2 is 1.69 bits per heavy atom. The third-order valence-electron chi connectivity index (χ3n) is 3.84. The number of rotatable bonds is 10. The molecule has 0 saturated carbocycles. The molecule has 0 saturated heterocycles. The topological polar surface area (TPSA) is 98.2 Å². The molecule has 0 aliphatic heterocycles. The van der Waals surface area contributed by atoms with E-state index in [1.54, 1.807) is 56.7 Å². The van der Waals surface area contributed by atoms with Crippen LogP contribution >= 0.6 is 0 Å². The summed E-state index contributed by atoms with van der Waals surface area (Å²) in [5.74, 6) is 1.30. The van der Waals surface area contributed by atoms with Crippen molar-refractivity contribution in [2.24, 2.45) is 5.10 Å². The van der Waals surface area contributed by atoms with Crippen LogP contribution in [0.4, 0.5) is 5.69 Å². The van der Waals surface area contributed by atoms with E-state index in [2.05, 4.69) is 15.8 Å². The van der Waals surface area contributed by atoms with Gasteiger partial charge in [-0.2, -0.15) is 5.10 Å². The van der Waals surface area contributed by atoms with Gasteiger partial charge in [0, 0.05) is 18.5 Å². The molecule has 0 aliphatic rings. The average molecular weight is 399 g/mol. The molecule has 2 N–H and O–H groups in total. The van der Waals surface area contributed by atoms with Crippen molar-refractivity contribution in [3.8, 4) is 17.2 Å². The summed E-state index contributed by atoms with van der Waals surface area (Å²) in [7, 11) is 3.14. The van der Waals surface area contributed by atoms with Crippen molar-refractivity contribution in [1.29, 1.82) is 0 Å². The van der Waals surface area contributed by atoms with Crippen molar-refractivity contribution in [3.63, 3.8) is 0 Å². The Morgan fingerprint density at radius 1 is 0.966 bits per heavy atom. The van der Waals surface area contributed by atoms with E-state index in [-0.39, 0.29) is 24.7 Å². The van der Waals surface area contributed by atoms with E-state index in [9.17, 15) is 9.59 Å². The van der Waals surface area contributed by atoms with Crippen molar-refractivity contribution < 1.29 is 23.8 Å². The van der Waals surface area contributed by atoms with Gasteiger partial charge in [-0.15, -0.1) is 0 Å². The van der Waals surface area contributed by atoms with E-state index >= 15 is 0 Å². The molecule has 0 aromatic heterocycles. The Labute approximate surface area is 169 Å². The molecule has 0 unspecified atom stereocenters. The van der Waals surface area contributed by atoms with Crippen LogP contribution in [-0.2, 0) is 9.59 Å². The van der Waals surface area contributed by atoms with Crippen molar-refractivity contribution in [3.05, 3.63) is 48.0 Å². The minimum absolute atomic E-state index is 0.0200. The lowest BCUT2D eigenvalue weighted by atomic mass is 10.2. The van der Waals surface area contributed by atoms with Crippen LogP contribution in [0.1, 0.15) is 25.3 Å². The highest BCUT2D eigenvalue weighted by Crippen LogP contribution is 2.27. The van der Waals surface area contributed by atoms with Crippen LogP contribution in [0, 0.1) is 0 Å². The lowest BCUT2D eigenvalue weighted by molar-refractivity contribution is -0.124. The minimum atomic E-state index is -0.357. The molecule has 2 aromatic carbocycles. The predicted octanol–water partition coefficient (Wildman–Crippen LogP) is 2.97. The fourth-order valence-corrected chi connectivity index (χ4v) is 2.40. The molecule has 0 bridgehead atoms. The summed E-state index contributed by atoms with van der Waals surface area (Å²) in [6.45, 7) is 2.39. The molecular formula is C21H25N3O5. The second-order valence-corrected chi connectivity index (χ2v) is 5.91. The zero-order chi connectivity index (χ0) is 21.1. The second-order valence-electron chi connectivity index (χ2n) is 5.91. The maximum absolute atomic E-state index is 11.9. The van der Waals surface area contributed by atoms with Gasteiger partial charge in [-0.3, -0.25) is 9.59 Å². The third kappa shape index (κ3) is 7.17. The standard InChI is InChI=1S/C21H25N3O5/c1-4-29-19-13-15(5-10-18(19)28-3)14-22-24-21(26)12-11-20(25)23-16-6-8-17(27-2)9-7-16/h5-10,13-14H,4,11-12H2,1-3H3,(H,23,25)(H,24,26). The van der Waals surface area contributed by atoms with Gasteiger partial charge in [0.1, 0.15) is 5.75 Å². The van der Waals surface area contributed by atoms with Gasteiger partial charge < -0.3 is 19.5 Å². The van der Waals surface area contributed by atoms with Crippen molar-refractivity contribution in [2.75, 3.05) is 26.1 Å². The SMILES string of the molecule is CCOc1cc(C=NNC(=O)CCC(=O)Nc2ccc(OC)cc2)ccc1OC. The van der Waals surface area contributed by atoms with Crippen LogP contribution in [-0.4, -0.2) is 38.9 Å². The molecule has 154 valence electrons. The first-order valence-corrected chi connectivity index (χ1v) is 9.12. The molecule has 0 spiro atoms. The van der Waals surface area contributed by atoms with Gasteiger partial charge in [0.15, 0.2) is 11.5 Å². The number of benzene rings is 2. The molecule has 8 heteroatoms. The molecule has 2 rings (SSSR count). The lowest BCUT2D eigenvalue weighted by Gasteiger charge is -2.09. The van der Waals surface area contributed by atoms with E-state index in [1.807, 2.05) is 6.92 Å². The van der Waals surface area contributed by atoms with Gasteiger partial charge in [0.05, 0.1) is 27.0 Å². The van der Waals surface area contributed by atoms with Crippen molar-refractivity contribution in [1.82, 2.24) is 5.43 Å². The summed E-state index contributed by atoms with van der Waals surface area (Å²) in [6.07, 6.45) is 1.56. The van der Waals surface area contributed by atoms with Crippen LogP contribution in [0.5, 0.6) is 17.2 Å². The van der Waals surface area contributed by atoms with Crippen LogP contribution in [0.3, 0.4) is 0 Å². The van der Waals surface area contributed by atoms with E-state index in [4.69, 9.17) is 14.2 Å². The first-order valence-electron chi connectivity index (χ1n) is 9.12. The normalized spacial score (nSPS) is 10.4. The Bertz CT molecular complexity index is 850. The second kappa shape index (κ2) is 11.3. The number of methoxy groups -OCH3 is 2. The highest BCUT2D eigenvalue weighted by Gasteiger charge is 2.07. The summed E-state index contributed by atoms with van der Waals surface area (Å²) in [5, 5.41) is 6.63. The first-order chi connectivity index (χ1) is 14.0. The summed E-state index contributed by atoms with van der Waals surface area (Å²) in [4.78, 5) is 23.8. The first kappa shape index (κ1) is 21.7. The fraction of sp³-hybridized carbons (Fsp3) is 0.286. The highest BCUT2D eigenvalue weighted by atomic mass is 16.5. The Balaban J connectivity index is 1.78. The van der Waals surface area contributed by atoms with Crippen LogP contribution < -0.4 is 25.0 Å². The van der Waals surface area contributed by atoms with E-state index < -0.39 is 0 Å². The van der Waals surface area contributed by atoms with Crippen molar-refractivity contribution in [2.45, 2.75) is 19.8 Å². The molecular weight excluding hydrogens is 374 g/mol. The van der Waals surface area contributed by atoms with E-state index in [1.165, 1.54) is 6.21 Å². The predicted molar refractivity (Wildman–Crippen MR) is 111 cm³/mol. The van der Waals surface area contributed by atoms with Crippen LogP contribution in [0.2, 0.25) is 0 Å². The zero-order valence-electron chi connectivity index (χ0n) is 16.7. The molecule has 8 nitrogen and oxygen atoms in total. The number of amides is 2. The van der Waals surface area contributed by atoms with Gasteiger partial charge in [0.2, 0.25) is 11.8 Å². The third-order valence-corrected chi connectivity index (χ3v) is 3.84. The molecule has 29 heavy (non-hydrogen) atoms. The molecule has 2 aromatic rings. The lowest BCUT2D eigenvalue weighted by Crippen LogP contribution is -2.20. The summed E-state index contributed by atoms with van der Waals surface area (Å²) < 4.78 is 15.8. The van der Waals surface area contributed by atoms with Gasteiger partial charge in [-0.25, -0.2) is 5.43 Å². The average Bonchev–Trinajstić information content (AvgIpc) is 2.73. The molecule has 0 atom stereocenters.